The number of carboxylic acid groups (broad SMARTS) is 1. The number of carbonyl (C=O) groups excluding carboxylic acids is 1. The summed E-state index contributed by atoms with van der Waals surface area (Å²) in [4.78, 5) is 26.0. The van der Waals surface area contributed by atoms with E-state index in [1.54, 1.807) is 18.2 Å². The Balaban J connectivity index is 1.38. The molecule has 5 N–H and O–H groups in total. The molecule has 0 aliphatic rings. The van der Waals surface area contributed by atoms with Crippen molar-refractivity contribution in [2.24, 2.45) is 5.73 Å². The number of hydrogen-bond acceptors (Lipinski definition) is 5. The summed E-state index contributed by atoms with van der Waals surface area (Å²) in [5.74, 6) is 0.461. The van der Waals surface area contributed by atoms with Gasteiger partial charge in [0.15, 0.2) is 0 Å². The molecule has 4 aromatic carbocycles. The first-order valence-corrected chi connectivity index (χ1v) is 11.8. The highest BCUT2D eigenvalue weighted by molar-refractivity contribution is 5.98. The molecule has 0 bridgehead atoms. The molecule has 1 heterocycles. The Hall–Kier alpha value is -4.98. The Bertz CT molecular complexity index is 1600. The van der Waals surface area contributed by atoms with Crippen LogP contribution in [0.5, 0.6) is 11.6 Å². The average Bonchev–Trinajstić information content (AvgIpc) is 3.24. The van der Waals surface area contributed by atoms with E-state index in [0.29, 0.717) is 41.9 Å². The Labute approximate surface area is 212 Å². The van der Waals surface area contributed by atoms with Crippen LogP contribution in [0.1, 0.15) is 22.3 Å². The van der Waals surface area contributed by atoms with Crippen LogP contribution in [0, 0.1) is 0 Å². The number of nitrogens with two attached hydrogens (primary N) is 1. The van der Waals surface area contributed by atoms with Crippen LogP contribution < -0.4 is 20.5 Å². The highest BCUT2D eigenvalue weighted by Crippen LogP contribution is 2.35. The minimum absolute atomic E-state index is 0.174. The van der Waals surface area contributed by atoms with Crippen molar-refractivity contribution in [2.75, 3.05) is 11.9 Å². The first-order chi connectivity index (χ1) is 18.0. The van der Waals surface area contributed by atoms with Crippen molar-refractivity contribution in [1.82, 2.24) is 4.98 Å². The minimum atomic E-state index is -1.40. The third-order valence-corrected chi connectivity index (χ3v) is 6.10. The number of fused-ring (bicyclic) bond motifs is 2. The van der Waals surface area contributed by atoms with E-state index in [1.807, 2.05) is 66.7 Å². The smallest absolute Gasteiger partial charge is 0.493 e. The summed E-state index contributed by atoms with van der Waals surface area (Å²) in [6.45, 7) is 0.449. The number of hydrogen-bond donors (Lipinski definition) is 4. The molecule has 37 heavy (non-hydrogen) atoms. The predicted molar refractivity (Wildman–Crippen MR) is 143 cm³/mol. The second-order valence-electron chi connectivity index (χ2n) is 8.53. The van der Waals surface area contributed by atoms with E-state index in [4.69, 9.17) is 15.2 Å². The van der Waals surface area contributed by atoms with Gasteiger partial charge in [-0.25, -0.2) is 4.79 Å². The number of aromatic nitrogens is 1. The Kier molecular flexibility index (Phi) is 6.63. The monoisotopic (exact) mass is 495 g/mol. The first kappa shape index (κ1) is 23.7. The molecular weight excluding hydrogens is 470 g/mol. The van der Waals surface area contributed by atoms with Gasteiger partial charge in [0.25, 0.3) is 0 Å². The Morgan fingerprint density at radius 2 is 1.68 bits per heavy atom. The standard InChI is InChI=1S/C29H25N3O5/c30-27(33)19-9-3-10-20(17-19)31-24-14-5-12-22-23(28(32-26(22)24)37-29(34)35)13-6-16-36-25-15-4-8-18-7-1-2-11-21(18)25/h1-5,7-12,14-15,17,31-32H,6,13,16H2,(H2,30,33)(H,34,35). The van der Waals surface area contributed by atoms with Gasteiger partial charge in [0.05, 0.1) is 17.8 Å². The number of nitrogens with one attached hydrogen (secondary N) is 2. The average molecular weight is 496 g/mol. The van der Waals surface area contributed by atoms with E-state index in [2.05, 4.69) is 10.3 Å². The van der Waals surface area contributed by atoms with Gasteiger partial charge < -0.3 is 30.6 Å². The summed E-state index contributed by atoms with van der Waals surface area (Å²) in [5, 5.41) is 15.6. The second-order valence-corrected chi connectivity index (χ2v) is 8.53. The zero-order chi connectivity index (χ0) is 25.8. The van der Waals surface area contributed by atoms with Gasteiger partial charge >= 0.3 is 6.16 Å². The number of amides is 1. The fourth-order valence-corrected chi connectivity index (χ4v) is 4.43. The molecule has 186 valence electrons. The van der Waals surface area contributed by atoms with E-state index >= 15 is 0 Å². The van der Waals surface area contributed by atoms with Crippen molar-refractivity contribution in [3.8, 4) is 11.6 Å². The number of aryl methyl sites for hydroxylation is 1. The van der Waals surface area contributed by atoms with Crippen molar-refractivity contribution in [2.45, 2.75) is 12.8 Å². The SMILES string of the molecule is NC(=O)c1cccc(Nc2cccc3c(CCCOc4cccc5ccccc45)c(OC(=O)O)[nH]c23)c1. The molecule has 1 amide bonds. The van der Waals surface area contributed by atoms with Crippen LogP contribution in [0.2, 0.25) is 0 Å². The molecule has 1 aromatic heterocycles. The maximum absolute atomic E-state index is 11.6. The zero-order valence-corrected chi connectivity index (χ0v) is 19.9. The lowest BCUT2D eigenvalue weighted by atomic mass is 10.1. The van der Waals surface area contributed by atoms with Crippen LogP contribution >= 0.6 is 0 Å². The summed E-state index contributed by atoms with van der Waals surface area (Å²) in [6, 6.07) is 26.5. The lowest BCUT2D eigenvalue weighted by Crippen LogP contribution is -2.10. The van der Waals surface area contributed by atoms with Crippen LogP contribution in [0.25, 0.3) is 21.7 Å². The van der Waals surface area contributed by atoms with Gasteiger partial charge in [0.2, 0.25) is 11.8 Å². The molecular formula is C29H25N3O5. The van der Waals surface area contributed by atoms with Gasteiger partial charge in [-0.2, -0.15) is 0 Å². The Morgan fingerprint density at radius 1 is 0.919 bits per heavy atom. The highest BCUT2D eigenvalue weighted by Gasteiger charge is 2.18. The topological polar surface area (TPSA) is 127 Å². The number of benzene rings is 4. The number of anilines is 2. The van der Waals surface area contributed by atoms with Crippen molar-refractivity contribution in [3.05, 3.63) is 96.1 Å². The largest absolute Gasteiger partial charge is 0.512 e. The van der Waals surface area contributed by atoms with Gasteiger partial charge in [-0.3, -0.25) is 4.79 Å². The summed E-state index contributed by atoms with van der Waals surface area (Å²) < 4.78 is 11.2. The molecule has 8 heteroatoms. The third-order valence-electron chi connectivity index (χ3n) is 6.10. The first-order valence-electron chi connectivity index (χ1n) is 11.8. The molecule has 8 nitrogen and oxygen atoms in total. The van der Waals surface area contributed by atoms with Gasteiger partial charge in [-0.1, -0.05) is 54.6 Å². The number of rotatable bonds is 9. The highest BCUT2D eigenvalue weighted by atomic mass is 16.7. The molecule has 0 saturated heterocycles. The lowest BCUT2D eigenvalue weighted by molar-refractivity contribution is 0.1000. The van der Waals surface area contributed by atoms with Gasteiger partial charge in [0, 0.05) is 27.6 Å². The summed E-state index contributed by atoms with van der Waals surface area (Å²) in [5.41, 5.74) is 8.59. The van der Waals surface area contributed by atoms with Gasteiger partial charge in [0.1, 0.15) is 5.75 Å². The van der Waals surface area contributed by atoms with Crippen LogP contribution in [-0.2, 0) is 6.42 Å². The fourth-order valence-electron chi connectivity index (χ4n) is 4.43. The van der Waals surface area contributed by atoms with Crippen LogP contribution in [0.15, 0.2) is 84.9 Å². The quantitative estimate of drug-likeness (QED) is 0.142. The normalized spacial score (nSPS) is 10.9. The molecule has 0 radical (unpaired) electrons. The molecule has 0 fully saturated rings. The maximum atomic E-state index is 11.6. The van der Waals surface area contributed by atoms with Crippen LogP contribution in [0.3, 0.4) is 0 Å². The Morgan fingerprint density at radius 3 is 2.51 bits per heavy atom. The van der Waals surface area contributed by atoms with E-state index in [-0.39, 0.29) is 5.88 Å². The van der Waals surface area contributed by atoms with Crippen LogP contribution in [0.4, 0.5) is 16.2 Å². The number of ether oxygens (including phenoxy) is 2. The lowest BCUT2D eigenvalue weighted by Gasteiger charge is -2.10. The van der Waals surface area contributed by atoms with Crippen molar-refractivity contribution >= 4 is 45.1 Å². The molecule has 0 atom stereocenters. The second kappa shape index (κ2) is 10.3. The predicted octanol–water partition coefficient (Wildman–Crippen LogP) is 6.23. The number of primary amides is 1. The molecule has 0 saturated carbocycles. The summed E-state index contributed by atoms with van der Waals surface area (Å²) in [6.07, 6.45) is -0.221. The molecule has 5 aromatic rings. The van der Waals surface area contributed by atoms with E-state index < -0.39 is 12.1 Å². The molecule has 0 aliphatic carbocycles. The van der Waals surface area contributed by atoms with Gasteiger partial charge in [-0.05, 0) is 48.6 Å². The number of H-pyrrole nitrogens is 1. The van der Waals surface area contributed by atoms with E-state index in [0.717, 1.165) is 27.5 Å². The maximum Gasteiger partial charge on any atom is 0.512 e. The van der Waals surface area contributed by atoms with E-state index in [9.17, 15) is 14.7 Å². The third kappa shape index (κ3) is 5.18. The summed E-state index contributed by atoms with van der Waals surface area (Å²) in [7, 11) is 0. The molecule has 0 spiro atoms. The number of carbonyl (C=O) groups is 2. The van der Waals surface area contributed by atoms with E-state index in [1.165, 1.54) is 0 Å². The molecule has 5 rings (SSSR count). The van der Waals surface area contributed by atoms with Crippen LogP contribution in [-0.4, -0.2) is 28.8 Å². The summed E-state index contributed by atoms with van der Waals surface area (Å²) >= 11 is 0. The minimum Gasteiger partial charge on any atom is -0.493 e. The molecule has 0 aliphatic heterocycles. The van der Waals surface area contributed by atoms with Crippen molar-refractivity contribution < 1.29 is 24.2 Å². The number of para-hydroxylation sites is 1. The number of aromatic amines is 1. The fraction of sp³-hybridized carbons (Fsp3) is 0.103. The molecule has 0 unspecified atom stereocenters. The zero-order valence-electron chi connectivity index (χ0n) is 19.9. The van der Waals surface area contributed by atoms with Gasteiger partial charge in [-0.15, -0.1) is 0 Å². The van der Waals surface area contributed by atoms with Crippen molar-refractivity contribution in [1.29, 1.82) is 0 Å². The van der Waals surface area contributed by atoms with Crippen molar-refractivity contribution in [3.63, 3.8) is 0 Å².